The molecule has 5 rings (SSSR count). The van der Waals surface area contributed by atoms with Gasteiger partial charge in [0.1, 0.15) is 23.4 Å². The van der Waals surface area contributed by atoms with Crippen LogP contribution in [0.1, 0.15) is 48.8 Å². The number of para-hydroxylation sites is 1. The second kappa shape index (κ2) is 9.95. The van der Waals surface area contributed by atoms with Crippen LogP contribution in [-0.2, 0) is 24.2 Å². The highest BCUT2D eigenvalue weighted by Gasteiger charge is 2.32. The molecule has 1 amide bonds. The standard InChI is InChI=1S/C30H29FN4OS/c1-30(2,3)20-8-13-24-25(15-32)29(37-27(24)14-20)33-16-19-17-35(26-7-5-4-6-23(19)26)18-28(36)34-22-11-9-21(31)10-12-22/h4-7,9-12,16-17,20H,8,13-14,18H2,1-3H3,(H,34,36)/t20-/m1/s1. The van der Waals surface area contributed by atoms with Crippen LogP contribution in [0.15, 0.2) is 59.7 Å². The normalized spacial score (nSPS) is 15.6. The van der Waals surface area contributed by atoms with E-state index in [1.807, 2.05) is 35.0 Å². The Morgan fingerprint density at radius 1 is 1.24 bits per heavy atom. The first-order valence-electron chi connectivity index (χ1n) is 12.4. The number of fused-ring (bicyclic) bond motifs is 2. The van der Waals surface area contributed by atoms with E-state index in [1.54, 1.807) is 17.6 Å². The summed E-state index contributed by atoms with van der Waals surface area (Å²) in [6.45, 7) is 6.97. The number of hydrogen-bond donors (Lipinski definition) is 1. The zero-order valence-electron chi connectivity index (χ0n) is 21.2. The summed E-state index contributed by atoms with van der Waals surface area (Å²) in [5, 5.41) is 14.5. The van der Waals surface area contributed by atoms with Crippen LogP contribution in [-0.4, -0.2) is 16.7 Å². The van der Waals surface area contributed by atoms with Crippen molar-refractivity contribution in [3.8, 4) is 6.07 Å². The number of aromatic nitrogens is 1. The van der Waals surface area contributed by atoms with Crippen molar-refractivity contribution in [2.45, 2.75) is 46.6 Å². The first-order chi connectivity index (χ1) is 17.7. The number of carbonyl (C=O) groups excluding carboxylic acids is 1. The minimum atomic E-state index is -0.349. The van der Waals surface area contributed by atoms with E-state index < -0.39 is 0 Å². The van der Waals surface area contributed by atoms with E-state index in [-0.39, 0.29) is 23.7 Å². The van der Waals surface area contributed by atoms with E-state index in [0.29, 0.717) is 17.2 Å². The van der Waals surface area contributed by atoms with Crippen LogP contribution in [0, 0.1) is 28.5 Å². The van der Waals surface area contributed by atoms with Crippen molar-refractivity contribution in [2.24, 2.45) is 16.3 Å². The van der Waals surface area contributed by atoms with Crippen molar-refractivity contribution in [2.75, 3.05) is 5.32 Å². The van der Waals surface area contributed by atoms with Crippen molar-refractivity contribution in [1.29, 1.82) is 5.26 Å². The molecule has 1 N–H and O–H groups in total. The molecule has 0 unspecified atom stereocenters. The van der Waals surface area contributed by atoms with Gasteiger partial charge in [-0.2, -0.15) is 5.26 Å². The molecule has 2 aromatic carbocycles. The van der Waals surface area contributed by atoms with E-state index in [0.717, 1.165) is 40.7 Å². The molecule has 1 aliphatic rings. The van der Waals surface area contributed by atoms with E-state index >= 15 is 0 Å². The SMILES string of the molecule is CC(C)(C)[C@@H]1CCc2c(sc(N=Cc3cn(CC(=O)Nc4ccc(F)cc4)c4ccccc34)c2C#N)C1. The first-order valence-corrected chi connectivity index (χ1v) is 13.3. The Balaban J connectivity index is 1.41. The van der Waals surface area contributed by atoms with Crippen molar-refractivity contribution in [3.05, 3.63) is 82.1 Å². The molecule has 0 radical (unpaired) electrons. The maximum absolute atomic E-state index is 13.2. The quantitative estimate of drug-likeness (QED) is 0.286. The Morgan fingerprint density at radius 2 is 2.00 bits per heavy atom. The van der Waals surface area contributed by atoms with Crippen molar-refractivity contribution >= 4 is 45.0 Å². The summed E-state index contributed by atoms with van der Waals surface area (Å²) in [7, 11) is 0. The monoisotopic (exact) mass is 512 g/mol. The van der Waals surface area contributed by atoms with Gasteiger partial charge in [-0.3, -0.25) is 4.79 Å². The fraction of sp³-hybridized carbons (Fsp3) is 0.300. The number of anilines is 1. The van der Waals surface area contributed by atoms with Gasteiger partial charge in [0.15, 0.2) is 0 Å². The molecule has 37 heavy (non-hydrogen) atoms. The summed E-state index contributed by atoms with van der Waals surface area (Å²) >= 11 is 1.63. The molecule has 0 saturated heterocycles. The zero-order chi connectivity index (χ0) is 26.2. The van der Waals surface area contributed by atoms with Crippen LogP contribution in [0.3, 0.4) is 0 Å². The van der Waals surface area contributed by atoms with Gasteiger partial charge in [-0.15, -0.1) is 11.3 Å². The number of carbonyl (C=O) groups is 1. The molecule has 7 heteroatoms. The number of benzene rings is 2. The predicted molar refractivity (Wildman–Crippen MR) is 148 cm³/mol. The molecule has 0 bridgehead atoms. The molecular weight excluding hydrogens is 483 g/mol. The van der Waals surface area contributed by atoms with Gasteiger partial charge in [0.2, 0.25) is 5.91 Å². The summed E-state index contributed by atoms with van der Waals surface area (Å²) in [6, 6.07) is 16.0. The van der Waals surface area contributed by atoms with Gasteiger partial charge < -0.3 is 9.88 Å². The van der Waals surface area contributed by atoms with Crippen molar-refractivity contribution in [3.63, 3.8) is 0 Å². The second-order valence-corrected chi connectivity index (χ2v) is 11.7. The molecule has 0 aliphatic heterocycles. The molecule has 1 aliphatic carbocycles. The topological polar surface area (TPSA) is 70.2 Å². The fourth-order valence-corrected chi connectivity index (χ4v) is 6.26. The molecule has 4 aromatic rings. The number of hydrogen-bond acceptors (Lipinski definition) is 4. The Bertz CT molecular complexity index is 1530. The average Bonchev–Trinajstić information content (AvgIpc) is 3.40. The molecule has 2 aromatic heterocycles. The lowest BCUT2D eigenvalue weighted by Crippen LogP contribution is -2.26. The van der Waals surface area contributed by atoms with Gasteiger partial charge in [-0.25, -0.2) is 9.38 Å². The highest BCUT2D eigenvalue weighted by molar-refractivity contribution is 7.16. The molecule has 2 heterocycles. The molecule has 1 atom stereocenters. The van der Waals surface area contributed by atoms with E-state index in [4.69, 9.17) is 4.99 Å². The third kappa shape index (κ3) is 5.21. The van der Waals surface area contributed by atoms with Crippen LogP contribution in [0.4, 0.5) is 15.1 Å². The number of nitrogens with zero attached hydrogens (tertiary/aromatic N) is 3. The minimum Gasteiger partial charge on any atom is -0.337 e. The first kappa shape index (κ1) is 24.9. The highest BCUT2D eigenvalue weighted by atomic mass is 32.1. The molecular formula is C30H29FN4OS. The summed E-state index contributed by atoms with van der Waals surface area (Å²) < 4.78 is 15.1. The maximum Gasteiger partial charge on any atom is 0.244 e. The predicted octanol–water partition coefficient (Wildman–Crippen LogP) is 7.25. The lowest BCUT2D eigenvalue weighted by Gasteiger charge is -2.33. The zero-order valence-corrected chi connectivity index (χ0v) is 22.0. The Kier molecular flexibility index (Phi) is 6.70. The number of nitrogens with one attached hydrogen (secondary N) is 1. The van der Waals surface area contributed by atoms with E-state index in [9.17, 15) is 14.4 Å². The Hall–Kier alpha value is -3.76. The van der Waals surface area contributed by atoms with Crippen LogP contribution < -0.4 is 5.32 Å². The average molecular weight is 513 g/mol. The van der Waals surface area contributed by atoms with Crippen molar-refractivity contribution in [1.82, 2.24) is 4.57 Å². The largest absolute Gasteiger partial charge is 0.337 e. The summed E-state index contributed by atoms with van der Waals surface area (Å²) in [5.41, 5.74) is 4.45. The maximum atomic E-state index is 13.2. The number of aliphatic imine (C=N–C) groups is 1. The third-order valence-corrected chi connectivity index (χ3v) is 8.33. The highest BCUT2D eigenvalue weighted by Crippen LogP contribution is 2.45. The number of rotatable bonds is 5. The van der Waals surface area contributed by atoms with Gasteiger partial charge in [0.05, 0.1) is 5.56 Å². The number of amides is 1. The van der Waals surface area contributed by atoms with Gasteiger partial charge in [0, 0.05) is 39.4 Å². The van der Waals surface area contributed by atoms with Gasteiger partial charge >= 0.3 is 0 Å². The summed E-state index contributed by atoms with van der Waals surface area (Å²) in [5.74, 6) is 0.0431. The number of halogens is 1. The molecule has 5 nitrogen and oxygen atoms in total. The molecule has 188 valence electrons. The van der Waals surface area contributed by atoms with E-state index in [1.165, 1.54) is 34.7 Å². The fourth-order valence-electron chi connectivity index (χ4n) is 5.04. The molecule has 0 fully saturated rings. The van der Waals surface area contributed by atoms with Crippen LogP contribution >= 0.6 is 11.3 Å². The number of nitriles is 1. The minimum absolute atomic E-state index is 0.108. The van der Waals surface area contributed by atoms with Crippen LogP contribution in [0.2, 0.25) is 0 Å². The Labute approximate surface area is 220 Å². The van der Waals surface area contributed by atoms with E-state index in [2.05, 4.69) is 32.2 Å². The van der Waals surface area contributed by atoms with Crippen LogP contribution in [0.5, 0.6) is 0 Å². The second-order valence-electron chi connectivity index (χ2n) is 10.6. The summed E-state index contributed by atoms with van der Waals surface area (Å²) in [4.78, 5) is 18.8. The van der Waals surface area contributed by atoms with Crippen molar-refractivity contribution < 1.29 is 9.18 Å². The lowest BCUT2D eigenvalue weighted by molar-refractivity contribution is -0.116. The molecule has 0 spiro atoms. The van der Waals surface area contributed by atoms with Gasteiger partial charge in [-0.05, 0) is 66.5 Å². The van der Waals surface area contributed by atoms with Gasteiger partial charge in [0.25, 0.3) is 0 Å². The smallest absolute Gasteiger partial charge is 0.244 e. The summed E-state index contributed by atoms with van der Waals surface area (Å²) in [6.07, 6.45) is 6.73. The Morgan fingerprint density at radius 3 is 2.73 bits per heavy atom. The van der Waals surface area contributed by atoms with Crippen LogP contribution in [0.25, 0.3) is 10.9 Å². The molecule has 0 saturated carbocycles. The third-order valence-electron chi connectivity index (χ3n) is 7.17. The van der Waals surface area contributed by atoms with Gasteiger partial charge in [-0.1, -0.05) is 39.0 Å². The number of thiophene rings is 1. The lowest BCUT2D eigenvalue weighted by atomic mass is 9.72.